The van der Waals surface area contributed by atoms with Gasteiger partial charge in [-0.3, -0.25) is 9.59 Å². The van der Waals surface area contributed by atoms with Crippen molar-refractivity contribution in [1.82, 2.24) is 5.32 Å². The lowest BCUT2D eigenvalue weighted by Crippen LogP contribution is -2.40. The first-order valence-electron chi connectivity index (χ1n) is 6.35. The van der Waals surface area contributed by atoms with Crippen LogP contribution in [0, 0.1) is 0 Å². The predicted molar refractivity (Wildman–Crippen MR) is 87.4 cm³/mol. The molecular weight excluding hydrogens is 325 g/mol. The number of hydrogen-bond acceptors (Lipinski definition) is 2. The third-order valence-corrected chi connectivity index (χ3v) is 3.05. The second-order valence-electron chi connectivity index (χ2n) is 4.40. The number of amides is 2. The summed E-state index contributed by atoms with van der Waals surface area (Å²) in [5, 5.41) is 5.91. The van der Waals surface area contributed by atoms with E-state index < -0.39 is 0 Å². The van der Waals surface area contributed by atoms with E-state index in [9.17, 15) is 9.59 Å². The summed E-state index contributed by atoms with van der Waals surface area (Å²) >= 11 is 5.78. The maximum atomic E-state index is 12.0. The van der Waals surface area contributed by atoms with Crippen LogP contribution in [0.2, 0.25) is 5.02 Å². The van der Waals surface area contributed by atoms with Crippen molar-refractivity contribution in [2.75, 3.05) is 12.4 Å². The van der Waals surface area contributed by atoms with Gasteiger partial charge in [0.15, 0.2) is 12.4 Å². The monoisotopic (exact) mass is 340 g/mol. The van der Waals surface area contributed by atoms with Crippen molar-refractivity contribution < 1.29 is 14.2 Å². The summed E-state index contributed by atoms with van der Waals surface area (Å²) in [5.41, 5.74) is 1.17. The quantitative estimate of drug-likeness (QED) is 0.836. The molecule has 2 N–H and O–H groups in total. The van der Waals surface area contributed by atoms with E-state index in [2.05, 4.69) is 10.6 Å². The van der Waals surface area contributed by atoms with E-state index in [-0.39, 0.29) is 30.8 Å². The molecule has 0 radical (unpaired) electrons. The van der Waals surface area contributed by atoms with Gasteiger partial charge >= 0.3 is 0 Å². The van der Waals surface area contributed by atoms with Crippen LogP contribution in [0.15, 0.2) is 48.8 Å². The number of nitrogens with zero attached hydrogens (tertiary/aromatic N) is 1. The van der Waals surface area contributed by atoms with Crippen LogP contribution in [0.4, 0.5) is 5.69 Å². The first-order chi connectivity index (χ1) is 10.1. The lowest BCUT2D eigenvalue weighted by atomic mass is 10.2. The minimum atomic E-state index is -0.192. The summed E-state index contributed by atoms with van der Waals surface area (Å²) in [6, 6.07) is 10.3. The van der Waals surface area contributed by atoms with Gasteiger partial charge in [0.25, 0.3) is 11.8 Å². The van der Waals surface area contributed by atoms with Gasteiger partial charge in [0.05, 0.1) is 0 Å². The minimum absolute atomic E-state index is 0. The molecule has 0 atom stereocenters. The number of rotatable bonds is 4. The lowest BCUT2D eigenvalue weighted by Gasteiger charge is -2.03. The van der Waals surface area contributed by atoms with Crippen molar-refractivity contribution in [3.8, 4) is 0 Å². The molecule has 1 aromatic heterocycles. The first-order valence-corrected chi connectivity index (χ1v) is 6.73. The molecule has 1 heterocycles. The van der Waals surface area contributed by atoms with Gasteiger partial charge in [0, 0.05) is 23.8 Å². The molecule has 0 fully saturated rings. The second kappa shape index (κ2) is 8.36. The standard InChI is InChI=1S/C15H14ClN3O2.ClH/c1-17-15(21)11-3-2-8-19(9-11)10-14(20)18-13-6-4-12(16)5-7-13;/h2-9H,10H2,1H3,(H-,17,18,20,21);1H/p+1. The number of halogens is 2. The van der Waals surface area contributed by atoms with Gasteiger partial charge < -0.3 is 10.6 Å². The molecule has 0 aliphatic carbocycles. The maximum Gasteiger partial charge on any atom is 0.290 e. The average molecular weight is 341 g/mol. The Bertz CT molecular complexity index is 660. The Labute approximate surface area is 139 Å². The van der Waals surface area contributed by atoms with E-state index in [4.69, 9.17) is 11.6 Å². The number of carbonyl (C=O) groups is 2. The first kappa shape index (κ1) is 17.9. The van der Waals surface area contributed by atoms with E-state index in [1.165, 1.54) is 0 Å². The Hall–Kier alpha value is -2.11. The SMILES string of the molecule is CNC(=O)c1ccc[n+](CC(=O)Nc2ccc(Cl)cc2)c1.Cl. The van der Waals surface area contributed by atoms with E-state index >= 15 is 0 Å². The summed E-state index contributed by atoms with van der Waals surface area (Å²) in [5.74, 6) is -0.376. The van der Waals surface area contributed by atoms with E-state index in [1.54, 1.807) is 60.4 Å². The molecule has 0 saturated heterocycles. The Kier molecular flexibility index (Phi) is 6.82. The molecule has 1 aromatic carbocycles. The van der Waals surface area contributed by atoms with Crippen LogP contribution in [0.25, 0.3) is 0 Å². The van der Waals surface area contributed by atoms with Gasteiger partial charge in [-0.05, 0) is 30.3 Å². The van der Waals surface area contributed by atoms with Gasteiger partial charge in [-0.1, -0.05) is 11.6 Å². The number of hydrogen-bond donors (Lipinski definition) is 2. The number of pyridine rings is 1. The van der Waals surface area contributed by atoms with Crippen molar-refractivity contribution >= 4 is 41.5 Å². The zero-order chi connectivity index (χ0) is 15.2. The van der Waals surface area contributed by atoms with Crippen LogP contribution in [0.5, 0.6) is 0 Å². The van der Waals surface area contributed by atoms with Crippen LogP contribution in [0.3, 0.4) is 0 Å². The van der Waals surface area contributed by atoms with Crippen molar-refractivity contribution in [2.24, 2.45) is 0 Å². The van der Waals surface area contributed by atoms with Crippen molar-refractivity contribution in [3.63, 3.8) is 0 Å². The molecule has 0 bridgehead atoms. The molecule has 0 saturated carbocycles. The highest BCUT2D eigenvalue weighted by Crippen LogP contribution is 2.13. The van der Waals surface area contributed by atoms with Gasteiger partial charge in [-0.2, -0.15) is 4.57 Å². The zero-order valence-electron chi connectivity index (χ0n) is 11.9. The Morgan fingerprint density at radius 2 is 1.86 bits per heavy atom. The van der Waals surface area contributed by atoms with Crippen LogP contribution < -0.4 is 15.2 Å². The fourth-order valence-corrected chi connectivity index (χ4v) is 1.92. The highest BCUT2D eigenvalue weighted by Gasteiger charge is 2.13. The second-order valence-corrected chi connectivity index (χ2v) is 4.84. The molecule has 22 heavy (non-hydrogen) atoms. The molecule has 2 aromatic rings. The summed E-state index contributed by atoms with van der Waals surface area (Å²) in [6.07, 6.45) is 3.36. The molecule has 2 rings (SSSR count). The fourth-order valence-electron chi connectivity index (χ4n) is 1.80. The molecule has 2 amide bonds. The predicted octanol–water partition coefficient (Wildman–Crippen LogP) is 2.05. The molecule has 0 unspecified atom stereocenters. The number of nitrogens with one attached hydrogen (secondary N) is 2. The normalized spacial score (nSPS) is 9.55. The largest absolute Gasteiger partial charge is 0.355 e. The highest BCUT2D eigenvalue weighted by atomic mass is 35.5. The summed E-state index contributed by atoms with van der Waals surface area (Å²) in [6.45, 7) is 0.119. The number of carbonyl (C=O) groups excluding carboxylic acids is 2. The highest BCUT2D eigenvalue weighted by molar-refractivity contribution is 6.30. The Morgan fingerprint density at radius 3 is 2.50 bits per heavy atom. The maximum absolute atomic E-state index is 12.0. The van der Waals surface area contributed by atoms with Gasteiger partial charge in [0.2, 0.25) is 6.54 Å². The van der Waals surface area contributed by atoms with Crippen molar-refractivity contribution in [3.05, 3.63) is 59.4 Å². The van der Waals surface area contributed by atoms with Crippen LogP contribution >= 0.6 is 24.0 Å². The molecule has 116 valence electrons. The van der Waals surface area contributed by atoms with Crippen molar-refractivity contribution in [1.29, 1.82) is 0 Å². The van der Waals surface area contributed by atoms with Crippen LogP contribution in [-0.2, 0) is 11.3 Å². The summed E-state index contributed by atoms with van der Waals surface area (Å²) in [4.78, 5) is 23.5. The summed E-state index contributed by atoms with van der Waals surface area (Å²) < 4.78 is 1.65. The lowest BCUT2D eigenvalue weighted by molar-refractivity contribution is -0.684. The third-order valence-electron chi connectivity index (χ3n) is 2.80. The van der Waals surface area contributed by atoms with E-state index in [1.807, 2.05) is 0 Å². The average Bonchev–Trinajstić information content (AvgIpc) is 2.49. The smallest absolute Gasteiger partial charge is 0.290 e. The van der Waals surface area contributed by atoms with Crippen molar-refractivity contribution in [2.45, 2.75) is 6.54 Å². The number of benzene rings is 1. The molecule has 5 nitrogen and oxygen atoms in total. The zero-order valence-corrected chi connectivity index (χ0v) is 13.4. The molecule has 0 aliphatic rings. The molecule has 7 heteroatoms. The third kappa shape index (κ3) is 5.02. The Morgan fingerprint density at radius 1 is 1.18 bits per heavy atom. The van der Waals surface area contributed by atoms with E-state index in [0.29, 0.717) is 16.3 Å². The van der Waals surface area contributed by atoms with Crippen LogP contribution in [0.1, 0.15) is 10.4 Å². The molecule has 0 spiro atoms. The van der Waals surface area contributed by atoms with E-state index in [0.717, 1.165) is 0 Å². The number of aromatic nitrogens is 1. The fraction of sp³-hybridized carbons (Fsp3) is 0.133. The van der Waals surface area contributed by atoms with Gasteiger partial charge in [-0.15, -0.1) is 12.4 Å². The minimum Gasteiger partial charge on any atom is -0.355 e. The molecule has 0 aliphatic heterocycles. The molecular formula is C15H16Cl2N3O2+. The topological polar surface area (TPSA) is 62.1 Å². The Balaban J connectivity index is 0.00000242. The summed E-state index contributed by atoms with van der Waals surface area (Å²) in [7, 11) is 1.56. The van der Waals surface area contributed by atoms with Crippen LogP contribution in [-0.4, -0.2) is 18.9 Å². The van der Waals surface area contributed by atoms with Gasteiger partial charge in [0.1, 0.15) is 5.56 Å². The van der Waals surface area contributed by atoms with Gasteiger partial charge in [-0.25, -0.2) is 0 Å². The number of anilines is 1.